The molecule has 0 heterocycles. The Morgan fingerprint density at radius 1 is 1.40 bits per heavy atom. The van der Waals surface area contributed by atoms with Crippen molar-refractivity contribution in [2.75, 3.05) is 11.9 Å². The molecule has 0 radical (unpaired) electrons. The second kappa shape index (κ2) is 5.99. The third-order valence-electron chi connectivity index (χ3n) is 2.59. The molecular formula is C14H21ClN2O3. The predicted octanol–water partition coefficient (Wildman–Crippen LogP) is 2.85. The van der Waals surface area contributed by atoms with Gasteiger partial charge in [0, 0.05) is 17.1 Å². The van der Waals surface area contributed by atoms with Crippen molar-refractivity contribution in [2.24, 2.45) is 5.73 Å². The molecule has 0 aromatic heterocycles. The summed E-state index contributed by atoms with van der Waals surface area (Å²) < 4.78 is 5.18. The lowest BCUT2D eigenvalue weighted by Crippen LogP contribution is -2.33. The molecule has 1 rings (SSSR count). The first-order valence-electron chi connectivity index (χ1n) is 6.27. The van der Waals surface area contributed by atoms with Crippen LogP contribution in [0.25, 0.3) is 0 Å². The van der Waals surface area contributed by atoms with Crippen LogP contribution in [0.5, 0.6) is 0 Å². The summed E-state index contributed by atoms with van der Waals surface area (Å²) in [6.07, 6.45) is -0.617. The fraction of sp³-hybridized carbons (Fsp3) is 0.500. The van der Waals surface area contributed by atoms with Gasteiger partial charge in [0.25, 0.3) is 0 Å². The molecular weight excluding hydrogens is 280 g/mol. The van der Waals surface area contributed by atoms with E-state index >= 15 is 0 Å². The molecule has 1 aromatic carbocycles. The summed E-state index contributed by atoms with van der Waals surface area (Å²) in [4.78, 5) is 11.8. The van der Waals surface area contributed by atoms with E-state index in [0.717, 1.165) is 0 Å². The number of carbonyl (C=O) groups is 1. The summed E-state index contributed by atoms with van der Waals surface area (Å²) >= 11 is 5.92. The van der Waals surface area contributed by atoms with Gasteiger partial charge in [0.15, 0.2) is 0 Å². The predicted molar refractivity (Wildman–Crippen MR) is 79.9 cm³/mol. The smallest absolute Gasteiger partial charge is 0.412 e. The van der Waals surface area contributed by atoms with Crippen LogP contribution in [0.1, 0.15) is 33.3 Å². The Hall–Kier alpha value is -1.30. The van der Waals surface area contributed by atoms with Crippen LogP contribution in [-0.4, -0.2) is 23.3 Å². The number of anilines is 1. The molecule has 0 saturated heterocycles. The molecule has 4 N–H and O–H groups in total. The van der Waals surface area contributed by atoms with Gasteiger partial charge < -0.3 is 15.6 Å². The first-order valence-corrected chi connectivity index (χ1v) is 6.65. The quantitative estimate of drug-likeness (QED) is 0.801. The molecule has 0 aliphatic rings. The van der Waals surface area contributed by atoms with Crippen molar-refractivity contribution in [1.29, 1.82) is 0 Å². The van der Waals surface area contributed by atoms with Crippen LogP contribution in [0.3, 0.4) is 0 Å². The number of halogens is 1. The topological polar surface area (TPSA) is 84.6 Å². The zero-order valence-corrected chi connectivity index (χ0v) is 12.9. The molecule has 6 heteroatoms. The highest BCUT2D eigenvalue weighted by atomic mass is 35.5. The van der Waals surface area contributed by atoms with Crippen LogP contribution in [0.15, 0.2) is 18.2 Å². The van der Waals surface area contributed by atoms with Gasteiger partial charge in [0.05, 0.1) is 5.69 Å². The molecule has 0 fully saturated rings. The van der Waals surface area contributed by atoms with E-state index in [-0.39, 0.29) is 6.54 Å². The first kappa shape index (κ1) is 16.8. The molecule has 0 spiro atoms. The van der Waals surface area contributed by atoms with Gasteiger partial charge in [-0.25, -0.2) is 4.79 Å². The second-order valence-corrected chi connectivity index (χ2v) is 6.23. The van der Waals surface area contributed by atoms with Gasteiger partial charge in [-0.05, 0) is 39.8 Å². The molecule has 5 nitrogen and oxygen atoms in total. The SMILES string of the molecule is CC(C)(C)OC(=O)Nc1cc(Cl)ccc1C(C)(O)CN. The minimum atomic E-state index is -1.27. The summed E-state index contributed by atoms with van der Waals surface area (Å²) in [5.74, 6) is 0. The lowest BCUT2D eigenvalue weighted by molar-refractivity contribution is 0.0624. The summed E-state index contributed by atoms with van der Waals surface area (Å²) in [5, 5.41) is 13.3. The molecule has 0 aliphatic heterocycles. The molecule has 112 valence electrons. The largest absolute Gasteiger partial charge is 0.444 e. The van der Waals surface area contributed by atoms with E-state index in [4.69, 9.17) is 22.1 Å². The van der Waals surface area contributed by atoms with E-state index in [1.807, 2.05) is 0 Å². The summed E-state index contributed by atoms with van der Waals surface area (Å²) in [5.41, 5.74) is 4.53. The number of hydrogen-bond acceptors (Lipinski definition) is 4. The third-order valence-corrected chi connectivity index (χ3v) is 2.83. The van der Waals surface area contributed by atoms with Gasteiger partial charge >= 0.3 is 6.09 Å². The van der Waals surface area contributed by atoms with Crippen molar-refractivity contribution >= 4 is 23.4 Å². The second-order valence-electron chi connectivity index (χ2n) is 5.79. The minimum absolute atomic E-state index is 0.0115. The Kier molecular flexibility index (Phi) is 5.02. The number of aliphatic hydroxyl groups is 1. The summed E-state index contributed by atoms with van der Waals surface area (Å²) in [7, 11) is 0. The Bertz CT molecular complexity index is 496. The highest BCUT2D eigenvalue weighted by Crippen LogP contribution is 2.30. The summed E-state index contributed by atoms with van der Waals surface area (Å²) in [6, 6.07) is 4.80. The molecule has 1 aromatic rings. The van der Waals surface area contributed by atoms with E-state index in [1.54, 1.807) is 45.9 Å². The number of carbonyl (C=O) groups excluding carboxylic acids is 1. The third kappa shape index (κ3) is 4.67. The lowest BCUT2D eigenvalue weighted by atomic mass is 9.94. The molecule has 1 atom stereocenters. The van der Waals surface area contributed by atoms with Crippen LogP contribution in [0, 0.1) is 0 Å². The number of hydrogen-bond donors (Lipinski definition) is 3. The Morgan fingerprint density at radius 2 is 2.00 bits per heavy atom. The van der Waals surface area contributed by atoms with Crippen molar-refractivity contribution in [2.45, 2.75) is 38.9 Å². The van der Waals surface area contributed by atoms with E-state index in [1.165, 1.54) is 0 Å². The van der Waals surface area contributed by atoms with Crippen LogP contribution >= 0.6 is 11.6 Å². The lowest BCUT2D eigenvalue weighted by Gasteiger charge is -2.26. The highest BCUT2D eigenvalue weighted by Gasteiger charge is 2.26. The van der Waals surface area contributed by atoms with Gasteiger partial charge in [-0.15, -0.1) is 0 Å². The maximum Gasteiger partial charge on any atom is 0.412 e. The number of benzene rings is 1. The van der Waals surface area contributed by atoms with Crippen molar-refractivity contribution in [3.63, 3.8) is 0 Å². The van der Waals surface area contributed by atoms with Crippen molar-refractivity contribution < 1.29 is 14.6 Å². The number of ether oxygens (including phenoxy) is 1. The van der Waals surface area contributed by atoms with Crippen molar-refractivity contribution in [1.82, 2.24) is 0 Å². The van der Waals surface area contributed by atoms with E-state index in [2.05, 4.69) is 5.32 Å². The van der Waals surface area contributed by atoms with Gasteiger partial charge in [-0.3, -0.25) is 5.32 Å². The molecule has 1 unspecified atom stereocenters. The van der Waals surface area contributed by atoms with Crippen molar-refractivity contribution in [3.05, 3.63) is 28.8 Å². The fourth-order valence-electron chi connectivity index (χ4n) is 1.61. The maximum absolute atomic E-state index is 11.8. The van der Waals surface area contributed by atoms with Crippen molar-refractivity contribution in [3.8, 4) is 0 Å². The highest BCUT2D eigenvalue weighted by molar-refractivity contribution is 6.31. The van der Waals surface area contributed by atoms with Crippen LogP contribution in [-0.2, 0) is 10.3 Å². The fourth-order valence-corrected chi connectivity index (χ4v) is 1.79. The zero-order chi connectivity index (χ0) is 15.6. The maximum atomic E-state index is 11.8. The van der Waals surface area contributed by atoms with Crippen LogP contribution < -0.4 is 11.1 Å². The summed E-state index contributed by atoms with van der Waals surface area (Å²) in [6.45, 7) is 6.87. The van der Waals surface area contributed by atoms with Gasteiger partial charge in [0.2, 0.25) is 0 Å². The van der Waals surface area contributed by atoms with E-state index in [9.17, 15) is 9.90 Å². The van der Waals surface area contributed by atoms with E-state index < -0.39 is 17.3 Å². The molecule has 0 bridgehead atoms. The van der Waals surface area contributed by atoms with E-state index in [0.29, 0.717) is 16.3 Å². The number of amides is 1. The molecule has 1 amide bonds. The first-order chi connectivity index (χ1) is 9.05. The minimum Gasteiger partial charge on any atom is -0.444 e. The average molecular weight is 301 g/mol. The Morgan fingerprint density at radius 3 is 2.50 bits per heavy atom. The monoisotopic (exact) mass is 300 g/mol. The Labute approximate surface area is 124 Å². The van der Waals surface area contributed by atoms with Crippen LogP contribution in [0.4, 0.5) is 10.5 Å². The average Bonchev–Trinajstić information content (AvgIpc) is 2.25. The molecule has 20 heavy (non-hydrogen) atoms. The van der Waals surface area contributed by atoms with Gasteiger partial charge in [0.1, 0.15) is 11.2 Å². The van der Waals surface area contributed by atoms with Gasteiger partial charge in [-0.2, -0.15) is 0 Å². The van der Waals surface area contributed by atoms with Gasteiger partial charge in [-0.1, -0.05) is 17.7 Å². The molecule has 0 aliphatic carbocycles. The zero-order valence-electron chi connectivity index (χ0n) is 12.2. The standard InChI is InChI=1S/C14H21ClN2O3/c1-13(2,3)20-12(18)17-11-7-9(15)5-6-10(11)14(4,19)8-16/h5-7,19H,8,16H2,1-4H3,(H,17,18). The van der Waals surface area contributed by atoms with Crippen LogP contribution in [0.2, 0.25) is 5.02 Å². The number of nitrogens with two attached hydrogens (primary N) is 1. The Balaban J connectivity index is 3.05. The molecule has 0 saturated carbocycles. The normalized spacial score (nSPS) is 14.6. The number of rotatable bonds is 3. The number of nitrogens with one attached hydrogen (secondary N) is 1.